The molecule has 5 nitrogen and oxygen atoms in total. The van der Waals surface area contributed by atoms with Gasteiger partial charge in [0.1, 0.15) is 5.69 Å². The van der Waals surface area contributed by atoms with E-state index in [4.69, 9.17) is 0 Å². The Bertz CT molecular complexity index is 781. The lowest BCUT2D eigenvalue weighted by Crippen LogP contribution is -2.32. The second kappa shape index (κ2) is 9.13. The molecular formula is C21H27N3O2. The van der Waals surface area contributed by atoms with E-state index in [9.17, 15) is 9.59 Å². The number of carbonyl (C=O) groups excluding carboxylic acids is 2. The van der Waals surface area contributed by atoms with Crippen molar-refractivity contribution in [1.29, 1.82) is 0 Å². The Morgan fingerprint density at radius 1 is 1.04 bits per heavy atom. The van der Waals surface area contributed by atoms with Crippen molar-refractivity contribution in [1.82, 2.24) is 9.88 Å². The number of nitrogens with one attached hydrogen (secondary N) is 1. The Kier molecular flexibility index (Phi) is 6.89. The summed E-state index contributed by atoms with van der Waals surface area (Å²) in [7, 11) is 0. The van der Waals surface area contributed by atoms with E-state index in [0.29, 0.717) is 18.7 Å². The summed E-state index contributed by atoms with van der Waals surface area (Å²) in [4.78, 5) is 31.3. The standard InChI is InChI=1S/C21H27N3O2/c1-5-11-24(12-6-2)21(26)17-9-10-22-19(14-17)20(25)23-18-13-15(3)7-8-16(18)4/h7-10,13-14H,5-6,11-12H2,1-4H3,(H,23,25). The summed E-state index contributed by atoms with van der Waals surface area (Å²) in [6.45, 7) is 9.42. The van der Waals surface area contributed by atoms with E-state index in [1.807, 2.05) is 50.8 Å². The van der Waals surface area contributed by atoms with Crippen molar-refractivity contribution in [2.75, 3.05) is 18.4 Å². The monoisotopic (exact) mass is 353 g/mol. The fraction of sp³-hybridized carbons (Fsp3) is 0.381. The van der Waals surface area contributed by atoms with E-state index in [1.165, 1.54) is 6.20 Å². The van der Waals surface area contributed by atoms with Crippen molar-refractivity contribution in [3.05, 3.63) is 58.9 Å². The molecule has 1 heterocycles. The Hall–Kier alpha value is -2.69. The minimum absolute atomic E-state index is 0.0584. The molecule has 1 aromatic heterocycles. The lowest BCUT2D eigenvalue weighted by atomic mass is 10.1. The quantitative estimate of drug-likeness (QED) is 0.811. The minimum Gasteiger partial charge on any atom is -0.339 e. The SMILES string of the molecule is CCCN(CCC)C(=O)c1ccnc(C(=O)Nc2cc(C)ccc2C)c1. The molecular weight excluding hydrogens is 326 g/mol. The molecule has 2 aromatic rings. The van der Waals surface area contributed by atoms with Crippen molar-refractivity contribution in [2.24, 2.45) is 0 Å². The van der Waals surface area contributed by atoms with Crippen molar-refractivity contribution in [3.63, 3.8) is 0 Å². The van der Waals surface area contributed by atoms with Crippen LogP contribution in [0.1, 0.15) is 58.7 Å². The van der Waals surface area contributed by atoms with Crippen molar-refractivity contribution >= 4 is 17.5 Å². The maximum atomic E-state index is 12.7. The van der Waals surface area contributed by atoms with Gasteiger partial charge in [0.25, 0.3) is 11.8 Å². The number of carbonyl (C=O) groups is 2. The molecule has 0 aliphatic heterocycles. The average molecular weight is 353 g/mol. The van der Waals surface area contributed by atoms with Crippen LogP contribution >= 0.6 is 0 Å². The highest BCUT2D eigenvalue weighted by Crippen LogP contribution is 2.17. The molecule has 0 aliphatic carbocycles. The normalized spacial score (nSPS) is 10.5. The smallest absolute Gasteiger partial charge is 0.274 e. The van der Waals surface area contributed by atoms with Crippen LogP contribution in [-0.4, -0.2) is 34.8 Å². The summed E-state index contributed by atoms with van der Waals surface area (Å²) in [6, 6.07) is 9.12. The third-order valence-corrected chi connectivity index (χ3v) is 4.16. The van der Waals surface area contributed by atoms with Gasteiger partial charge in [-0.1, -0.05) is 26.0 Å². The molecule has 0 spiro atoms. The lowest BCUT2D eigenvalue weighted by Gasteiger charge is -2.21. The largest absolute Gasteiger partial charge is 0.339 e. The molecule has 2 amide bonds. The van der Waals surface area contributed by atoms with Crippen LogP contribution in [-0.2, 0) is 0 Å². The van der Waals surface area contributed by atoms with Crippen LogP contribution in [0, 0.1) is 13.8 Å². The fourth-order valence-electron chi connectivity index (χ4n) is 2.78. The summed E-state index contributed by atoms with van der Waals surface area (Å²) in [5.74, 6) is -0.372. The summed E-state index contributed by atoms with van der Waals surface area (Å²) in [6.07, 6.45) is 3.31. The zero-order valence-corrected chi connectivity index (χ0v) is 16.0. The number of hydrogen-bond donors (Lipinski definition) is 1. The van der Waals surface area contributed by atoms with Crippen molar-refractivity contribution in [3.8, 4) is 0 Å². The third kappa shape index (κ3) is 4.91. The van der Waals surface area contributed by atoms with Crippen LogP contribution in [0.25, 0.3) is 0 Å². The number of pyridine rings is 1. The first kappa shape index (κ1) is 19.6. The van der Waals surface area contributed by atoms with Crippen LogP contribution in [0.15, 0.2) is 36.5 Å². The first-order chi connectivity index (χ1) is 12.5. The molecule has 138 valence electrons. The van der Waals surface area contributed by atoms with Gasteiger partial charge in [-0.3, -0.25) is 14.6 Å². The van der Waals surface area contributed by atoms with Gasteiger partial charge >= 0.3 is 0 Å². The number of benzene rings is 1. The molecule has 0 fully saturated rings. The number of nitrogens with zero attached hydrogens (tertiary/aromatic N) is 2. The highest BCUT2D eigenvalue weighted by atomic mass is 16.2. The maximum Gasteiger partial charge on any atom is 0.274 e. The number of aryl methyl sites for hydroxylation is 2. The number of rotatable bonds is 7. The topological polar surface area (TPSA) is 62.3 Å². The van der Waals surface area contributed by atoms with E-state index in [2.05, 4.69) is 10.3 Å². The molecule has 0 saturated heterocycles. The van der Waals surface area contributed by atoms with Crippen LogP contribution < -0.4 is 5.32 Å². The van der Waals surface area contributed by atoms with Crippen LogP contribution in [0.3, 0.4) is 0 Å². The molecule has 1 N–H and O–H groups in total. The van der Waals surface area contributed by atoms with Gasteiger partial charge in [-0.15, -0.1) is 0 Å². The summed E-state index contributed by atoms with van der Waals surface area (Å²) in [5.41, 5.74) is 3.54. The number of hydrogen-bond acceptors (Lipinski definition) is 3. The third-order valence-electron chi connectivity index (χ3n) is 4.16. The fourth-order valence-corrected chi connectivity index (χ4v) is 2.78. The molecule has 0 bridgehead atoms. The predicted octanol–water partition coefficient (Wildman–Crippen LogP) is 4.21. The first-order valence-electron chi connectivity index (χ1n) is 9.10. The Morgan fingerprint density at radius 3 is 2.38 bits per heavy atom. The van der Waals surface area contributed by atoms with E-state index in [0.717, 1.165) is 29.7 Å². The van der Waals surface area contributed by atoms with Gasteiger partial charge in [0, 0.05) is 30.5 Å². The second-order valence-corrected chi connectivity index (χ2v) is 6.49. The van der Waals surface area contributed by atoms with Gasteiger partial charge in [0.15, 0.2) is 0 Å². The molecule has 1 aromatic carbocycles. The minimum atomic E-state index is -0.314. The second-order valence-electron chi connectivity index (χ2n) is 6.49. The molecule has 0 aliphatic rings. The van der Waals surface area contributed by atoms with Gasteiger partial charge in [0.05, 0.1) is 0 Å². The maximum absolute atomic E-state index is 12.7. The Morgan fingerprint density at radius 2 is 1.73 bits per heavy atom. The summed E-state index contributed by atoms with van der Waals surface area (Å²) < 4.78 is 0. The van der Waals surface area contributed by atoms with Gasteiger partial charge in [-0.25, -0.2) is 0 Å². The molecule has 0 radical (unpaired) electrons. The summed E-state index contributed by atoms with van der Waals surface area (Å²) in [5, 5.41) is 2.89. The number of amides is 2. The van der Waals surface area contributed by atoms with E-state index in [-0.39, 0.29) is 17.5 Å². The van der Waals surface area contributed by atoms with E-state index in [1.54, 1.807) is 12.1 Å². The van der Waals surface area contributed by atoms with E-state index < -0.39 is 0 Å². The molecule has 26 heavy (non-hydrogen) atoms. The van der Waals surface area contributed by atoms with Crippen molar-refractivity contribution < 1.29 is 9.59 Å². The molecule has 0 saturated carbocycles. The molecule has 0 atom stereocenters. The van der Waals surface area contributed by atoms with Gasteiger partial charge in [0.2, 0.25) is 0 Å². The molecule has 0 unspecified atom stereocenters. The van der Waals surface area contributed by atoms with Gasteiger partial charge in [-0.05, 0) is 56.0 Å². The first-order valence-corrected chi connectivity index (χ1v) is 9.10. The Balaban J connectivity index is 2.21. The number of anilines is 1. The van der Waals surface area contributed by atoms with E-state index >= 15 is 0 Å². The van der Waals surface area contributed by atoms with Crippen molar-refractivity contribution in [2.45, 2.75) is 40.5 Å². The average Bonchev–Trinajstić information content (AvgIpc) is 2.64. The lowest BCUT2D eigenvalue weighted by molar-refractivity contribution is 0.0755. The highest BCUT2D eigenvalue weighted by Gasteiger charge is 2.17. The zero-order valence-electron chi connectivity index (χ0n) is 16.0. The predicted molar refractivity (Wildman–Crippen MR) is 105 cm³/mol. The van der Waals surface area contributed by atoms with Gasteiger partial charge < -0.3 is 10.2 Å². The van der Waals surface area contributed by atoms with Crippen LogP contribution in [0.2, 0.25) is 0 Å². The molecule has 2 rings (SSSR count). The summed E-state index contributed by atoms with van der Waals surface area (Å²) >= 11 is 0. The van der Waals surface area contributed by atoms with Crippen LogP contribution in [0.5, 0.6) is 0 Å². The highest BCUT2D eigenvalue weighted by molar-refractivity contribution is 6.05. The number of aromatic nitrogens is 1. The zero-order chi connectivity index (χ0) is 19.1. The van der Waals surface area contributed by atoms with Gasteiger partial charge in [-0.2, -0.15) is 0 Å². The van der Waals surface area contributed by atoms with Crippen LogP contribution in [0.4, 0.5) is 5.69 Å². The molecule has 5 heteroatoms. The Labute approximate surface area is 155 Å².